The van der Waals surface area contributed by atoms with Crippen molar-refractivity contribution in [2.45, 2.75) is 0 Å². The summed E-state index contributed by atoms with van der Waals surface area (Å²) in [5, 5.41) is 0. The molecular formula is C23H18BF2N3. The Morgan fingerprint density at radius 2 is 1.66 bits per heavy atom. The lowest BCUT2D eigenvalue weighted by atomic mass is 9.86. The highest BCUT2D eigenvalue weighted by Gasteiger charge is 2.52. The van der Waals surface area contributed by atoms with Crippen LogP contribution in [0.15, 0.2) is 84.6 Å². The van der Waals surface area contributed by atoms with Crippen molar-refractivity contribution >= 4 is 36.6 Å². The lowest BCUT2D eigenvalue weighted by molar-refractivity contribution is -0.356. The number of nitrogens with zero attached hydrogens (tertiary/aromatic N) is 2. The number of allylic oxidation sites excluding steroid dienone is 2. The molecule has 29 heavy (non-hydrogen) atoms. The minimum Gasteiger partial charge on any atom is -0.399 e. The van der Waals surface area contributed by atoms with E-state index in [9.17, 15) is 0 Å². The third kappa shape index (κ3) is 2.76. The zero-order valence-corrected chi connectivity index (χ0v) is 15.5. The number of halogens is 2. The molecule has 2 aromatic carbocycles. The van der Waals surface area contributed by atoms with Crippen LogP contribution in [-0.2, 0) is 0 Å². The first-order chi connectivity index (χ1) is 14.1. The van der Waals surface area contributed by atoms with Crippen molar-refractivity contribution in [3.63, 3.8) is 0 Å². The summed E-state index contributed by atoms with van der Waals surface area (Å²) >= 11 is 0. The minimum atomic E-state index is -3.99. The highest BCUT2D eigenvalue weighted by molar-refractivity contribution is 6.58. The quantitative estimate of drug-likeness (QED) is 0.506. The first-order valence-electron chi connectivity index (χ1n) is 9.43. The van der Waals surface area contributed by atoms with E-state index in [4.69, 9.17) is 5.73 Å². The fourth-order valence-electron chi connectivity index (χ4n) is 3.97. The molecule has 3 aromatic rings. The number of nitrogen functional groups attached to an aromatic ring is 1. The first-order valence-corrected chi connectivity index (χ1v) is 9.43. The maximum atomic E-state index is 15.5. The van der Waals surface area contributed by atoms with Crippen molar-refractivity contribution in [1.82, 2.24) is 4.48 Å². The van der Waals surface area contributed by atoms with Crippen molar-refractivity contribution in [2.24, 2.45) is 0 Å². The van der Waals surface area contributed by atoms with E-state index in [1.807, 2.05) is 48.5 Å². The molecule has 3 heterocycles. The van der Waals surface area contributed by atoms with E-state index >= 15 is 8.63 Å². The second-order valence-corrected chi connectivity index (χ2v) is 7.14. The molecule has 0 spiro atoms. The molecule has 6 heteroatoms. The van der Waals surface area contributed by atoms with E-state index in [-0.39, 0.29) is 0 Å². The van der Waals surface area contributed by atoms with Crippen LogP contribution in [0.1, 0.15) is 22.5 Å². The number of nitrogens with two attached hydrogens (primary N) is 1. The van der Waals surface area contributed by atoms with Crippen molar-refractivity contribution in [3.8, 4) is 0 Å². The van der Waals surface area contributed by atoms with Crippen LogP contribution in [0.3, 0.4) is 0 Å². The molecular weight excluding hydrogens is 367 g/mol. The highest BCUT2D eigenvalue weighted by atomic mass is 19.2. The average molecular weight is 385 g/mol. The minimum absolute atomic E-state index is 0.453. The van der Waals surface area contributed by atoms with Crippen LogP contribution >= 0.6 is 0 Å². The van der Waals surface area contributed by atoms with Gasteiger partial charge in [-0.05, 0) is 41.5 Å². The van der Waals surface area contributed by atoms with Gasteiger partial charge in [0.25, 0.3) is 0 Å². The van der Waals surface area contributed by atoms with E-state index in [2.05, 4.69) is 0 Å². The largest absolute Gasteiger partial charge is 0.737 e. The zero-order chi connectivity index (χ0) is 20.0. The Balaban J connectivity index is 1.67. The molecule has 5 rings (SSSR count). The number of fused-ring (bicyclic) bond motifs is 2. The molecule has 0 aliphatic carbocycles. The molecule has 0 fully saturated rings. The Morgan fingerprint density at radius 1 is 0.897 bits per heavy atom. The molecule has 3 nitrogen and oxygen atoms in total. The maximum Gasteiger partial charge on any atom is 0.737 e. The number of aromatic nitrogens is 1. The number of benzene rings is 2. The molecule has 0 atom stereocenters. The van der Waals surface area contributed by atoms with Gasteiger partial charge >= 0.3 is 6.97 Å². The Bertz CT molecular complexity index is 1220. The molecule has 2 aliphatic rings. The van der Waals surface area contributed by atoms with Crippen molar-refractivity contribution in [3.05, 3.63) is 107 Å². The molecule has 0 unspecified atom stereocenters. The van der Waals surface area contributed by atoms with Gasteiger partial charge in [-0.1, -0.05) is 48.5 Å². The molecule has 2 aliphatic heterocycles. The second-order valence-electron chi connectivity index (χ2n) is 7.14. The summed E-state index contributed by atoms with van der Waals surface area (Å²) in [5.41, 5.74) is 10.5. The Hall–Kier alpha value is -3.67. The fourth-order valence-corrected chi connectivity index (χ4v) is 3.97. The summed E-state index contributed by atoms with van der Waals surface area (Å²) in [5.74, 6) is 0. The molecule has 0 bridgehead atoms. The van der Waals surface area contributed by atoms with Crippen LogP contribution in [0.2, 0.25) is 0 Å². The van der Waals surface area contributed by atoms with E-state index in [1.54, 1.807) is 42.5 Å². The van der Waals surface area contributed by atoms with E-state index in [0.717, 1.165) is 25.7 Å². The summed E-state index contributed by atoms with van der Waals surface area (Å²) in [7, 11) is 0. The van der Waals surface area contributed by atoms with Gasteiger partial charge in [0, 0.05) is 29.2 Å². The van der Waals surface area contributed by atoms with Gasteiger partial charge in [-0.2, -0.15) is 0 Å². The predicted octanol–water partition coefficient (Wildman–Crippen LogP) is 4.89. The topological polar surface area (TPSA) is 34.0 Å². The molecule has 142 valence electrons. The van der Waals surface area contributed by atoms with Crippen LogP contribution in [0, 0.1) is 0 Å². The van der Waals surface area contributed by atoms with Gasteiger partial charge in [-0.15, -0.1) is 0 Å². The van der Waals surface area contributed by atoms with Crippen LogP contribution in [0.4, 0.5) is 14.3 Å². The van der Waals surface area contributed by atoms with Gasteiger partial charge in [0.05, 0.1) is 5.57 Å². The van der Waals surface area contributed by atoms with Crippen LogP contribution < -0.4 is 5.73 Å². The molecule has 0 saturated carbocycles. The molecule has 0 radical (unpaired) electrons. The smallest absolute Gasteiger partial charge is 0.399 e. The monoisotopic (exact) mass is 385 g/mol. The molecule has 2 N–H and O–H groups in total. The lowest BCUT2D eigenvalue weighted by Gasteiger charge is -2.32. The number of hydrogen-bond donors (Lipinski definition) is 1. The average Bonchev–Trinajstić information content (AvgIpc) is 3.37. The van der Waals surface area contributed by atoms with Gasteiger partial charge in [0.2, 0.25) is 0 Å². The van der Waals surface area contributed by atoms with Gasteiger partial charge < -0.3 is 23.3 Å². The lowest BCUT2D eigenvalue weighted by Crippen LogP contribution is -2.50. The predicted molar refractivity (Wildman–Crippen MR) is 116 cm³/mol. The molecule has 1 aromatic heterocycles. The van der Waals surface area contributed by atoms with Gasteiger partial charge in [0.1, 0.15) is 6.21 Å². The van der Waals surface area contributed by atoms with Crippen molar-refractivity contribution in [1.29, 1.82) is 0 Å². The Morgan fingerprint density at radius 3 is 2.41 bits per heavy atom. The SMILES string of the molecule is Nc1ccc(/C=C/c2ccc3n2[B-](F)(F)[N+]2=CC=CC2=C3c2ccccc2)cc1. The van der Waals surface area contributed by atoms with Crippen molar-refractivity contribution in [2.75, 3.05) is 5.73 Å². The molecule has 0 saturated heterocycles. The summed E-state index contributed by atoms with van der Waals surface area (Å²) in [6, 6.07) is 20.5. The van der Waals surface area contributed by atoms with Crippen LogP contribution in [0.5, 0.6) is 0 Å². The van der Waals surface area contributed by atoms with E-state index < -0.39 is 6.97 Å². The molecule has 0 amide bonds. The summed E-state index contributed by atoms with van der Waals surface area (Å²) in [6.07, 6.45) is 8.42. The number of anilines is 1. The fraction of sp³-hybridized carbons (Fsp3) is 0. The zero-order valence-electron chi connectivity index (χ0n) is 15.5. The summed E-state index contributed by atoms with van der Waals surface area (Å²) in [6.45, 7) is -3.99. The third-order valence-electron chi connectivity index (χ3n) is 5.33. The Kier molecular flexibility index (Phi) is 3.88. The normalized spacial score (nSPS) is 16.8. The summed E-state index contributed by atoms with van der Waals surface area (Å²) in [4.78, 5) is 0. The van der Waals surface area contributed by atoms with Crippen LogP contribution in [-0.4, -0.2) is 22.1 Å². The van der Waals surface area contributed by atoms with E-state index in [0.29, 0.717) is 22.8 Å². The van der Waals surface area contributed by atoms with E-state index in [1.165, 1.54) is 6.21 Å². The highest BCUT2D eigenvalue weighted by Crippen LogP contribution is 2.39. The first kappa shape index (κ1) is 17.4. The van der Waals surface area contributed by atoms with Gasteiger partial charge in [-0.3, -0.25) is 0 Å². The Labute approximate surface area is 167 Å². The second kappa shape index (κ2) is 6.45. The number of rotatable bonds is 3. The number of hydrogen-bond acceptors (Lipinski definition) is 1. The third-order valence-corrected chi connectivity index (χ3v) is 5.33. The summed E-state index contributed by atoms with van der Waals surface area (Å²) < 4.78 is 33.3. The van der Waals surface area contributed by atoms with Gasteiger partial charge in [-0.25, -0.2) is 0 Å². The maximum absolute atomic E-state index is 15.5. The van der Waals surface area contributed by atoms with Crippen molar-refractivity contribution < 1.29 is 13.1 Å². The van der Waals surface area contributed by atoms with Gasteiger partial charge in [0.15, 0.2) is 5.70 Å². The van der Waals surface area contributed by atoms with Crippen LogP contribution in [0.25, 0.3) is 17.7 Å². The standard InChI is InChI=1S/C23H18BF2N3/c25-24(26)28-16-4-7-21(28)23(18-5-2-1-3-6-18)22-15-14-20(29(22)24)13-10-17-8-11-19(27)12-9-17/h1-16H,27H2/b13-10+.